The van der Waals surface area contributed by atoms with Crippen molar-refractivity contribution in [3.63, 3.8) is 0 Å². The van der Waals surface area contributed by atoms with Gasteiger partial charge in [-0.3, -0.25) is 0 Å². The minimum atomic E-state index is -0.507. The van der Waals surface area contributed by atoms with Crippen molar-refractivity contribution in [2.75, 3.05) is 0 Å². The molecule has 0 saturated carbocycles. The third-order valence-corrected chi connectivity index (χ3v) is 5.34. The van der Waals surface area contributed by atoms with Crippen LogP contribution in [0.25, 0.3) is 0 Å². The zero-order chi connectivity index (χ0) is 15.4. The second-order valence-corrected chi connectivity index (χ2v) is 6.25. The van der Waals surface area contributed by atoms with Crippen LogP contribution in [0.15, 0.2) is 78.0 Å². The molecule has 6 rings (SSSR count). The summed E-state index contributed by atoms with van der Waals surface area (Å²) >= 11 is 0. The smallest absolute Gasteiger partial charge is 0.0846 e. The van der Waals surface area contributed by atoms with Crippen molar-refractivity contribution in [3.05, 3.63) is 106 Å². The minimum absolute atomic E-state index is 0.257. The van der Waals surface area contributed by atoms with Gasteiger partial charge in [0.2, 0.25) is 0 Å². The van der Waals surface area contributed by atoms with Crippen LogP contribution in [0.3, 0.4) is 0 Å². The van der Waals surface area contributed by atoms with Crippen LogP contribution in [-0.2, 0) is 5.41 Å². The predicted octanol–water partition coefficient (Wildman–Crippen LogP) is 4.29. The zero-order valence-electron chi connectivity index (χ0n) is 12.5. The molecule has 0 spiro atoms. The molecule has 0 aliphatic heterocycles. The number of benzene rings is 3. The summed E-state index contributed by atoms with van der Waals surface area (Å²) in [5, 5.41) is 13.0. The summed E-state index contributed by atoms with van der Waals surface area (Å²) in [7, 11) is 0. The van der Waals surface area contributed by atoms with E-state index < -0.39 is 5.41 Å². The van der Waals surface area contributed by atoms with Gasteiger partial charge in [0.05, 0.1) is 11.6 Å². The molecule has 3 aromatic carbocycles. The second kappa shape index (κ2) is 4.32. The number of nitrogens with zero attached hydrogens (tertiary/aromatic N) is 1. The number of hydrogen-bond acceptors (Lipinski definition) is 2. The molecule has 0 aromatic heterocycles. The summed E-state index contributed by atoms with van der Waals surface area (Å²) in [5.41, 5.74) is 7.09. The Labute approximate surface area is 134 Å². The first-order valence-electron chi connectivity index (χ1n) is 7.84. The molecule has 2 heteroatoms. The van der Waals surface area contributed by atoms with E-state index >= 15 is 0 Å². The van der Waals surface area contributed by atoms with Gasteiger partial charge in [0, 0.05) is 5.92 Å². The highest BCUT2D eigenvalue weighted by Gasteiger charge is 2.50. The third kappa shape index (κ3) is 1.36. The van der Waals surface area contributed by atoms with E-state index in [4.69, 9.17) is 0 Å². The lowest BCUT2D eigenvalue weighted by Gasteiger charge is -2.48. The normalized spacial score (nSPS) is 23.4. The van der Waals surface area contributed by atoms with Gasteiger partial charge in [-0.05, 0) is 33.4 Å². The van der Waals surface area contributed by atoms with E-state index in [0.717, 1.165) is 0 Å². The standard InChI is InChI=1S/C21H15NO/c23-22-13-21-17-10-4-1-7-14(17)20(15-8-2-5-11-18(15)21)16-9-3-6-12-19(16)21/h1-13,20,23H. The summed E-state index contributed by atoms with van der Waals surface area (Å²) in [6.45, 7) is 0. The fraction of sp³-hybridized carbons (Fsp3) is 0.0952. The van der Waals surface area contributed by atoms with E-state index in [9.17, 15) is 5.21 Å². The van der Waals surface area contributed by atoms with Gasteiger partial charge in [0.25, 0.3) is 0 Å². The second-order valence-electron chi connectivity index (χ2n) is 6.25. The van der Waals surface area contributed by atoms with Crippen LogP contribution in [0.1, 0.15) is 39.3 Å². The average molecular weight is 297 g/mol. The molecule has 0 radical (unpaired) electrons. The SMILES string of the molecule is ON=CC12c3ccccc3C(c3ccccc31)c1ccccc12. The Bertz CT molecular complexity index is 842. The van der Waals surface area contributed by atoms with Crippen molar-refractivity contribution in [1.29, 1.82) is 0 Å². The molecule has 3 aliphatic rings. The van der Waals surface area contributed by atoms with E-state index in [1.807, 2.05) is 0 Å². The van der Waals surface area contributed by atoms with Gasteiger partial charge in [-0.25, -0.2) is 0 Å². The summed E-state index contributed by atoms with van der Waals surface area (Å²) < 4.78 is 0. The Hall–Kier alpha value is -2.87. The van der Waals surface area contributed by atoms with Gasteiger partial charge >= 0.3 is 0 Å². The van der Waals surface area contributed by atoms with Crippen LogP contribution in [0.4, 0.5) is 0 Å². The van der Waals surface area contributed by atoms with Crippen LogP contribution in [0.2, 0.25) is 0 Å². The maximum Gasteiger partial charge on any atom is 0.0846 e. The first-order chi connectivity index (χ1) is 11.4. The molecule has 2 bridgehead atoms. The molecular weight excluding hydrogens is 282 g/mol. The molecule has 2 nitrogen and oxygen atoms in total. The van der Waals surface area contributed by atoms with Gasteiger partial charge in [0.1, 0.15) is 0 Å². The minimum Gasteiger partial charge on any atom is -0.411 e. The van der Waals surface area contributed by atoms with Gasteiger partial charge in [-0.2, -0.15) is 0 Å². The highest BCUT2D eigenvalue weighted by Crippen LogP contribution is 2.58. The molecule has 1 N–H and O–H groups in total. The first-order valence-corrected chi connectivity index (χ1v) is 7.84. The van der Waals surface area contributed by atoms with Crippen LogP contribution < -0.4 is 0 Å². The molecule has 0 fully saturated rings. The lowest BCUT2D eigenvalue weighted by atomic mass is 9.53. The Morgan fingerprint density at radius 1 is 0.696 bits per heavy atom. The first kappa shape index (κ1) is 12.7. The molecule has 0 unspecified atom stereocenters. The number of oxime groups is 1. The summed E-state index contributed by atoms with van der Waals surface area (Å²) in [5.74, 6) is 0.257. The fourth-order valence-electron chi connectivity index (χ4n) is 4.56. The van der Waals surface area contributed by atoms with Crippen molar-refractivity contribution in [2.24, 2.45) is 5.16 Å². The molecule has 23 heavy (non-hydrogen) atoms. The zero-order valence-corrected chi connectivity index (χ0v) is 12.5. The average Bonchev–Trinajstić information content (AvgIpc) is 2.62. The predicted molar refractivity (Wildman–Crippen MR) is 90.4 cm³/mol. The Balaban J connectivity index is 2.02. The number of hydrogen-bond donors (Lipinski definition) is 1. The molecule has 0 atom stereocenters. The largest absolute Gasteiger partial charge is 0.411 e. The maximum absolute atomic E-state index is 9.48. The molecule has 110 valence electrons. The van der Waals surface area contributed by atoms with Crippen molar-refractivity contribution >= 4 is 6.21 Å². The molecular formula is C21H15NO. The van der Waals surface area contributed by atoms with Gasteiger partial charge in [-0.1, -0.05) is 72.8 Å². The van der Waals surface area contributed by atoms with E-state index in [1.165, 1.54) is 33.4 Å². The third-order valence-electron chi connectivity index (χ3n) is 5.34. The van der Waals surface area contributed by atoms with E-state index in [1.54, 1.807) is 6.21 Å². The van der Waals surface area contributed by atoms with Crippen molar-refractivity contribution < 1.29 is 5.21 Å². The highest BCUT2D eigenvalue weighted by atomic mass is 16.4. The highest BCUT2D eigenvalue weighted by molar-refractivity contribution is 5.91. The van der Waals surface area contributed by atoms with Gasteiger partial charge < -0.3 is 5.21 Å². The Morgan fingerprint density at radius 2 is 1.09 bits per heavy atom. The van der Waals surface area contributed by atoms with Crippen LogP contribution in [-0.4, -0.2) is 11.4 Å². The lowest BCUT2D eigenvalue weighted by molar-refractivity contribution is 0.318. The van der Waals surface area contributed by atoms with Gasteiger partial charge in [0.15, 0.2) is 0 Å². The van der Waals surface area contributed by atoms with Crippen LogP contribution in [0.5, 0.6) is 0 Å². The van der Waals surface area contributed by atoms with Crippen molar-refractivity contribution in [1.82, 2.24) is 0 Å². The van der Waals surface area contributed by atoms with Crippen LogP contribution >= 0.6 is 0 Å². The molecule has 3 aromatic rings. The van der Waals surface area contributed by atoms with Crippen molar-refractivity contribution in [2.45, 2.75) is 11.3 Å². The Kier molecular flexibility index (Phi) is 2.38. The number of rotatable bonds is 1. The van der Waals surface area contributed by atoms with E-state index in [0.29, 0.717) is 0 Å². The molecule has 0 amide bonds. The maximum atomic E-state index is 9.48. The topological polar surface area (TPSA) is 32.6 Å². The monoisotopic (exact) mass is 297 g/mol. The molecule has 0 saturated heterocycles. The summed E-state index contributed by atoms with van der Waals surface area (Å²) in [6.07, 6.45) is 1.69. The summed E-state index contributed by atoms with van der Waals surface area (Å²) in [6, 6.07) is 25.6. The van der Waals surface area contributed by atoms with E-state index in [-0.39, 0.29) is 5.92 Å². The fourth-order valence-corrected chi connectivity index (χ4v) is 4.56. The summed E-state index contributed by atoms with van der Waals surface area (Å²) in [4.78, 5) is 0. The molecule has 3 aliphatic carbocycles. The van der Waals surface area contributed by atoms with E-state index in [2.05, 4.69) is 78.0 Å². The Morgan fingerprint density at radius 3 is 1.48 bits per heavy atom. The quantitative estimate of drug-likeness (QED) is 0.406. The van der Waals surface area contributed by atoms with Crippen LogP contribution in [0, 0.1) is 0 Å². The molecule has 0 heterocycles. The lowest BCUT2D eigenvalue weighted by Crippen LogP contribution is -2.43. The van der Waals surface area contributed by atoms with Crippen molar-refractivity contribution in [3.8, 4) is 0 Å². The van der Waals surface area contributed by atoms with Gasteiger partial charge in [-0.15, -0.1) is 5.16 Å².